The van der Waals surface area contributed by atoms with Crippen molar-refractivity contribution < 1.29 is 5.11 Å². The summed E-state index contributed by atoms with van der Waals surface area (Å²) in [6.07, 6.45) is 1.66. The highest BCUT2D eigenvalue weighted by Gasteiger charge is 2.13. The van der Waals surface area contributed by atoms with E-state index in [2.05, 4.69) is 20.1 Å². The van der Waals surface area contributed by atoms with Crippen LogP contribution in [0.15, 0.2) is 57.8 Å². The Balaban J connectivity index is 1.53. The zero-order valence-electron chi connectivity index (χ0n) is 14.8. The van der Waals surface area contributed by atoms with Crippen molar-refractivity contribution in [2.75, 3.05) is 0 Å². The van der Waals surface area contributed by atoms with Crippen molar-refractivity contribution >= 4 is 44.4 Å². The molecule has 0 atom stereocenters. The second kappa shape index (κ2) is 6.21. The average Bonchev–Trinajstić information content (AvgIpc) is 3.36. The summed E-state index contributed by atoms with van der Waals surface area (Å²) in [6.45, 7) is 1.87. The summed E-state index contributed by atoms with van der Waals surface area (Å²) in [5.74, 6) is 0.0804. The van der Waals surface area contributed by atoms with Crippen molar-refractivity contribution in [3.8, 4) is 11.6 Å². The number of aromatic amines is 2. The molecule has 0 aliphatic heterocycles. The lowest BCUT2D eigenvalue weighted by Crippen LogP contribution is -2.03. The highest BCUT2D eigenvalue weighted by molar-refractivity contribution is 7.17. The van der Waals surface area contributed by atoms with Crippen LogP contribution >= 0.6 is 11.3 Å². The van der Waals surface area contributed by atoms with Gasteiger partial charge in [0.2, 0.25) is 0 Å². The second-order valence-corrected chi connectivity index (χ2v) is 7.30. The largest absolute Gasteiger partial charge is 0.494 e. The van der Waals surface area contributed by atoms with Gasteiger partial charge in [-0.1, -0.05) is 0 Å². The number of hydrogen-bond donors (Lipinski definition) is 3. The second-order valence-electron chi connectivity index (χ2n) is 6.45. The molecule has 8 heteroatoms. The molecule has 5 aromatic rings. The summed E-state index contributed by atoms with van der Waals surface area (Å²) in [5, 5.41) is 14.0. The van der Waals surface area contributed by atoms with Crippen LogP contribution in [0, 0.1) is 6.92 Å². The van der Waals surface area contributed by atoms with Gasteiger partial charge >= 0.3 is 0 Å². The number of rotatable bonds is 3. The molecule has 2 aromatic carbocycles. The van der Waals surface area contributed by atoms with Crippen molar-refractivity contribution in [1.29, 1.82) is 0 Å². The number of H-pyrrole nitrogens is 2. The SMILES string of the molecule is Cc1cc(=O)[nH]n1-c1ccc(N=Cc2c(O)[nH]c3ccc4ncsc4c23)cc1. The van der Waals surface area contributed by atoms with Crippen LogP contribution in [-0.4, -0.2) is 31.1 Å². The minimum Gasteiger partial charge on any atom is -0.494 e. The Bertz CT molecular complexity index is 1400. The standard InChI is InChI=1S/C20H15N5O2S/c1-11-8-17(26)24-25(11)13-4-2-12(3-5-13)21-9-14-18-15(23-20(14)27)6-7-16-19(18)28-10-22-16/h2-10,23,27H,1H3,(H,24,26). The number of nitrogens with zero attached hydrogens (tertiary/aromatic N) is 3. The normalized spacial score (nSPS) is 11.9. The van der Waals surface area contributed by atoms with Gasteiger partial charge in [0.05, 0.1) is 38.2 Å². The van der Waals surface area contributed by atoms with Crippen LogP contribution in [0.1, 0.15) is 11.3 Å². The Kier molecular flexibility index (Phi) is 3.66. The Labute approximate surface area is 162 Å². The minimum atomic E-state index is -0.135. The van der Waals surface area contributed by atoms with Gasteiger partial charge in [0.1, 0.15) is 0 Å². The monoisotopic (exact) mass is 389 g/mol. The van der Waals surface area contributed by atoms with E-state index in [1.54, 1.807) is 22.5 Å². The molecule has 0 amide bonds. The number of aliphatic imine (C=N–C) groups is 1. The number of aromatic hydroxyl groups is 1. The molecule has 138 valence electrons. The first-order valence-corrected chi connectivity index (χ1v) is 9.48. The van der Waals surface area contributed by atoms with E-state index in [4.69, 9.17) is 0 Å². The highest BCUT2D eigenvalue weighted by atomic mass is 32.1. The van der Waals surface area contributed by atoms with Crippen LogP contribution in [0.25, 0.3) is 26.8 Å². The fourth-order valence-electron chi connectivity index (χ4n) is 3.32. The molecule has 3 aromatic heterocycles. The van der Waals surface area contributed by atoms with Crippen molar-refractivity contribution in [2.45, 2.75) is 6.92 Å². The maximum Gasteiger partial charge on any atom is 0.264 e. The van der Waals surface area contributed by atoms with Crippen molar-refractivity contribution in [3.05, 3.63) is 69.6 Å². The summed E-state index contributed by atoms with van der Waals surface area (Å²) in [6, 6.07) is 12.9. The first-order chi connectivity index (χ1) is 13.6. The van der Waals surface area contributed by atoms with E-state index in [9.17, 15) is 9.90 Å². The molecule has 0 fully saturated rings. The molecular weight excluding hydrogens is 374 g/mol. The zero-order valence-corrected chi connectivity index (χ0v) is 15.6. The van der Waals surface area contributed by atoms with Gasteiger partial charge in [-0.05, 0) is 43.3 Å². The van der Waals surface area contributed by atoms with E-state index < -0.39 is 0 Å². The topological polar surface area (TPSA) is 99.1 Å². The van der Waals surface area contributed by atoms with Crippen LogP contribution < -0.4 is 5.56 Å². The molecule has 0 aliphatic carbocycles. The van der Waals surface area contributed by atoms with E-state index in [1.165, 1.54) is 11.3 Å². The Morgan fingerprint density at radius 3 is 2.79 bits per heavy atom. The van der Waals surface area contributed by atoms with E-state index in [0.29, 0.717) is 5.56 Å². The van der Waals surface area contributed by atoms with Gasteiger partial charge in [0.25, 0.3) is 5.56 Å². The Morgan fingerprint density at radius 1 is 1.21 bits per heavy atom. The van der Waals surface area contributed by atoms with Crippen LogP contribution in [0.4, 0.5) is 5.69 Å². The van der Waals surface area contributed by atoms with E-state index in [-0.39, 0.29) is 11.4 Å². The molecule has 5 rings (SSSR count). The van der Waals surface area contributed by atoms with Gasteiger partial charge in [0.15, 0.2) is 5.88 Å². The Morgan fingerprint density at radius 2 is 2.04 bits per heavy atom. The van der Waals surface area contributed by atoms with E-state index in [0.717, 1.165) is 38.2 Å². The van der Waals surface area contributed by atoms with Crippen LogP contribution in [0.5, 0.6) is 5.88 Å². The smallest absolute Gasteiger partial charge is 0.264 e. The van der Waals surface area contributed by atoms with Gasteiger partial charge in [0, 0.05) is 23.4 Å². The molecule has 0 aliphatic rings. The molecule has 0 unspecified atom stereocenters. The van der Waals surface area contributed by atoms with Crippen molar-refractivity contribution in [2.24, 2.45) is 4.99 Å². The third-order valence-corrected chi connectivity index (χ3v) is 5.50. The fraction of sp³-hybridized carbons (Fsp3) is 0.0500. The summed E-state index contributed by atoms with van der Waals surface area (Å²) < 4.78 is 2.74. The van der Waals surface area contributed by atoms with Gasteiger partial charge in [-0.15, -0.1) is 11.3 Å². The minimum absolute atomic E-state index is 0.0804. The summed E-state index contributed by atoms with van der Waals surface area (Å²) in [5.41, 5.74) is 6.45. The molecule has 28 heavy (non-hydrogen) atoms. The molecule has 0 saturated carbocycles. The number of aryl methyl sites for hydroxylation is 1. The predicted molar refractivity (Wildman–Crippen MR) is 112 cm³/mol. The lowest BCUT2D eigenvalue weighted by atomic mass is 10.1. The quantitative estimate of drug-likeness (QED) is 0.406. The molecule has 0 radical (unpaired) electrons. The van der Waals surface area contributed by atoms with Crippen molar-refractivity contribution in [1.82, 2.24) is 19.7 Å². The maximum absolute atomic E-state index is 11.5. The number of fused-ring (bicyclic) bond motifs is 3. The van der Waals surface area contributed by atoms with Gasteiger partial charge in [-0.3, -0.25) is 19.6 Å². The first kappa shape index (κ1) is 16.5. The third-order valence-electron chi connectivity index (χ3n) is 4.64. The fourth-order valence-corrected chi connectivity index (χ4v) is 4.17. The predicted octanol–water partition coefficient (Wildman–Crippen LogP) is 4.02. The molecule has 0 bridgehead atoms. The van der Waals surface area contributed by atoms with Gasteiger partial charge < -0.3 is 10.1 Å². The average molecular weight is 389 g/mol. The lowest BCUT2D eigenvalue weighted by Gasteiger charge is -2.05. The zero-order chi connectivity index (χ0) is 19.3. The number of benzene rings is 2. The van der Waals surface area contributed by atoms with Crippen LogP contribution in [-0.2, 0) is 0 Å². The van der Waals surface area contributed by atoms with E-state index >= 15 is 0 Å². The highest BCUT2D eigenvalue weighted by Crippen LogP contribution is 2.34. The molecular formula is C20H15N5O2S. The summed E-state index contributed by atoms with van der Waals surface area (Å²) in [4.78, 5) is 23.3. The number of hydrogen-bond acceptors (Lipinski definition) is 5. The number of thiazole rings is 1. The number of nitrogens with one attached hydrogen (secondary N) is 2. The van der Waals surface area contributed by atoms with Crippen LogP contribution in [0.2, 0.25) is 0 Å². The number of aromatic nitrogens is 4. The van der Waals surface area contributed by atoms with Crippen molar-refractivity contribution in [3.63, 3.8) is 0 Å². The van der Waals surface area contributed by atoms with Crippen LogP contribution in [0.3, 0.4) is 0 Å². The summed E-state index contributed by atoms with van der Waals surface area (Å²) in [7, 11) is 0. The Hall–Kier alpha value is -3.65. The molecule has 7 nitrogen and oxygen atoms in total. The van der Waals surface area contributed by atoms with Gasteiger partial charge in [-0.25, -0.2) is 4.98 Å². The summed E-state index contributed by atoms with van der Waals surface area (Å²) >= 11 is 1.53. The van der Waals surface area contributed by atoms with Gasteiger partial charge in [-0.2, -0.15) is 0 Å². The maximum atomic E-state index is 11.5. The third kappa shape index (κ3) is 2.62. The molecule has 3 heterocycles. The molecule has 3 N–H and O–H groups in total. The molecule has 0 spiro atoms. The molecule has 0 saturated heterocycles. The lowest BCUT2D eigenvalue weighted by molar-refractivity contribution is 0.457. The first-order valence-electron chi connectivity index (χ1n) is 8.60. The van der Waals surface area contributed by atoms with E-state index in [1.807, 2.05) is 43.3 Å².